The second-order valence-corrected chi connectivity index (χ2v) is 7.51. The summed E-state index contributed by atoms with van der Waals surface area (Å²) >= 11 is 0. The molecule has 2 aromatic carbocycles. The molecule has 1 aliphatic carbocycles. The SMILES string of the molecule is O=C(NCc1ccc(-c2ncn(-c3ccc(OC(F)(F)F)cc3)n2)cc1)OCC1C=CC=CC1. The molecule has 0 saturated carbocycles. The maximum atomic E-state index is 12.3. The Morgan fingerprint density at radius 2 is 1.85 bits per heavy atom. The zero-order valence-corrected chi connectivity index (χ0v) is 17.9. The summed E-state index contributed by atoms with van der Waals surface area (Å²) in [5.41, 5.74) is 2.16. The molecule has 3 aromatic rings. The lowest BCUT2D eigenvalue weighted by Gasteiger charge is -2.13. The first-order chi connectivity index (χ1) is 16.4. The molecule has 176 valence electrons. The first kappa shape index (κ1) is 23.1. The minimum absolute atomic E-state index is 0.202. The number of ether oxygens (including phenoxy) is 2. The number of rotatable bonds is 7. The van der Waals surface area contributed by atoms with Gasteiger partial charge in [0.15, 0.2) is 5.82 Å². The third kappa shape index (κ3) is 6.47. The number of alkyl carbamates (subject to hydrolysis) is 1. The maximum Gasteiger partial charge on any atom is 0.573 e. The molecular formula is C24H21F3N4O3. The summed E-state index contributed by atoms with van der Waals surface area (Å²) in [7, 11) is 0. The standard InChI is InChI=1S/C24H21F3N4O3/c25-24(26,27)34-21-12-10-20(11-13-21)31-16-29-22(30-31)19-8-6-17(7-9-19)14-28-23(32)33-15-18-4-2-1-3-5-18/h1-4,6-13,16,18H,5,14-15H2,(H,28,32). The first-order valence-electron chi connectivity index (χ1n) is 10.5. The average Bonchev–Trinajstić information content (AvgIpc) is 3.32. The zero-order valence-electron chi connectivity index (χ0n) is 17.9. The van der Waals surface area contributed by atoms with Gasteiger partial charge in [-0.15, -0.1) is 18.3 Å². The Kier molecular flexibility index (Phi) is 6.95. The molecule has 10 heteroatoms. The molecule has 7 nitrogen and oxygen atoms in total. The van der Waals surface area contributed by atoms with Crippen LogP contribution in [0.5, 0.6) is 5.75 Å². The van der Waals surface area contributed by atoms with Crippen LogP contribution < -0.4 is 10.1 Å². The van der Waals surface area contributed by atoms with Crippen LogP contribution in [0, 0.1) is 5.92 Å². The van der Waals surface area contributed by atoms with E-state index in [1.165, 1.54) is 35.3 Å². The summed E-state index contributed by atoms with van der Waals surface area (Å²) in [6.45, 7) is 0.645. The highest BCUT2D eigenvalue weighted by Gasteiger charge is 2.31. The fourth-order valence-electron chi connectivity index (χ4n) is 3.26. The zero-order chi connectivity index (χ0) is 24.0. The second-order valence-electron chi connectivity index (χ2n) is 7.51. The molecule has 0 aliphatic heterocycles. The van der Waals surface area contributed by atoms with Gasteiger partial charge in [0, 0.05) is 18.0 Å². The van der Waals surface area contributed by atoms with Crippen LogP contribution in [0.2, 0.25) is 0 Å². The number of alkyl halides is 3. The van der Waals surface area contributed by atoms with Crippen LogP contribution in [-0.4, -0.2) is 33.8 Å². The number of nitrogens with zero attached hydrogens (tertiary/aromatic N) is 3. The van der Waals surface area contributed by atoms with Crippen molar-refractivity contribution in [3.63, 3.8) is 0 Å². The van der Waals surface area contributed by atoms with Crippen LogP contribution in [0.15, 0.2) is 79.2 Å². The lowest BCUT2D eigenvalue weighted by molar-refractivity contribution is -0.274. The van der Waals surface area contributed by atoms with Crippen LogP contribution in [0.4, 0.5) is 18.0 Å². The molecule has 0 fully saturated rings. The van der Waals surface area contributed by atoms with E-state index >= 15 is 0 Å². The Bertz CT molecular complexity index is 1170. The van der Waals surface area contributed by atoms with Crippen molar-refractivity contribution in [1.29, 1.82) is 0 Å². The van der Waals surface area contributed by atoms with E-state index in [4.69, 9.17) is 4.74 Å². The van der Waals surface area contributed by atoms with Gasteiger partial charge in [-0.3, -0.25) is 0 Å². The lowest BCUT2D eigenvalue weighted by Crippen LogP contribution is -2.25. The Balaban J connectivity index is 1.29. The highest BCUT2D eigenvalue weighted by molar-refractivity contribution is 5.67. The largest absolute Gasteiger partial charge is 0.573 e. The molecule has 1 atom stereocenters. The Morgan fingerprint density at radius 3 is 2.53 bits per heavy atom. The van der Waals surface area contributed by atoms with Crippen molar-refractivity contribution in [1.82, 2.24) is 20.1 Å². The first-order valence-corrected chi connectivity index (χ1v) is 10.5. The number of aromatic nitrogens is 3. The molecule has 1 N–H and O–H groups in total. The Morgan fingerprint density at radius 1 is 1.09 bits per heavy atom. The number of hydrogen-bond donors (Lipinski definition) is 1. The summed E-state index contributed by atoms with van der Waals surface area (Å²) in [6.07, 6.45) is 5.07. The van der Waals surface area contributed by atoms with Crippen LogP contribution in [0.3, 0.4) is 0 Å². The van der Waals surface area contributed by atoms with Crippen molar-refractivity contribution < 1.29 is 27.4 Å². The Labute approximate surface area is 193 Å². The van der Waals surface area contributed by atoms with Crippen molar-refractivity contribution in [3.8, 4) is 22.8 Å². The van der Waals surface area contributed by atoms with Gasteiger partial charge in [-0.1, -0.05) is 48.6 Å². The number of amides is 1. The van der Waals surface area contributed by atoms with Crippen molar-refractivity contribution >= 4 is 6.09 Å². The van der Waals surface area contributed by atoms with E-state index in [-0.39, 0.29) is 11.7 Å². The molecular weight excluding hydrogens is 449 g/mol. The summed E-state index contributed by atoms with van der Waals surface area (Å²) in [6, 6.07) is 12.6. The smallest absolute Gasteiger partial charge is 0.449 e. The molecule has 34 heavy (non-hydrogen) atoms. The van der Waals surface area contributed by atoms with Crippen molar-refractivity contribution in [2.75, 3.05) is 6.61 Å². The van der Waals surface area contributed by atoms with E-state index in [0.29, 0.717) is 24.7 Å². The van der Waals surface area contributed by atoms with E-state index in [0.717, 1.165) is 17.5 Å². The predicted molar refractivity (Wildman–Crippen MR) is 118 cm³/mol. The van der Waals surface area contributed by atoms with Gasteiger partial charge in [-0.05, 0) is 36.2 Å². The summed E-state index contributed by atoms with van der Waals surface area (Å²) in [5, 5.41) is 7.09. The van der Waals surface area contributed by atoms with Gasteiger partial charge in [0.1, 0.15) is 12.1 Å². The normalized spacial score (nSPS) is 15.2. The molecule has 1 heterocycles. The summed E-state index contributed by atoms with van der Waals surface area (Å²) in [5.74, 6) is 0.338. The maximum absolute atomic E-state index is 12.3. The number of benzene rings is 2. The molecule has 1 unspecified atom stereocenters. The van der Waals surface area contributed by atoms with Crippen molar-refractivity contribution in [2.24, 2.45) is 5.92 Å². The lowest BCUT2D eigenvalue weighted by atomic mass is 10.0. The van der Waals surface area contributed by atoms with Crippen molar-refractivity contribution in [2.45, 2.75) is 19.3 Å². The van der Waals surface area contributed by atoms with Gasteiger partial charge in [-0.2, -0.15) is 0 Å². The highest BCUT2D eigenvalue weighted by atomic mass is 19.4. The summed E-state index contributed by atoms with van der Waals surface area (Å²) < 4.78 is 47.5. The van der Waals surface area contributed by atoms with E-state index in [9.17, 15) is 18.0 Å². The van der Waals surface area contributed by atoms with Gasteiger partial charge in [0.25, 0.3) is 0 Å². The molecule has 0 radical (unpaired) electrons. The molecule has 1 aromatic heterocycles. The van der Waals surface area contributed by atoms with Gasteiger partial charge in [0.05, 0.1) is 12.3 Å². The van der Waals surface area contributed by atoms with Gasteiger partial charge >= 0.3 is 12.5 Å². The summed E-state index contributed by atoms with van der Waals surface area (Å²) in [4.78, 5) is 16.2. The highest BCUT2D eigenvalue weighted by Crippen LogP contribution is 2.24. The topological polar surface area (TPSA) is 78.3 Å². The van der Waals surface area contributed by atoms with E-state index < -0.39 is 12.5 Å². The van der Waals surface area contributed by atoms with Crippen LogP contribution in [-0.2, 0) is 11.3 Å². The van der Waals surface area contributed by atoms with E-state index in [2.05, 4.69) is 20.1 Å². The van der Waals surface area contributed by atoms with Gasteiger partial charge in [-0.25, -0.2) is 14.5 Å². The van der Waals surface area contributed by atoms with E-state index in [1.54, 1.807) is 0 Å². The number of halogens is 3. The van der Waals surface area contributed by atoms with Gasteiger partial charge in [0.2, 0.25) is 0 Å². The average molecular weight is 470 g/mol. The fourth-order valence-corrected chi connectivity index (χ4v) is 3.26. The third-order valence-electron chi connectivity index (χ3n) is 4.97. The molecule has 0 bridgehead atoms. The number of carbonyl (C=O) groups excluding carboxylic acids is 1. The molecule has 4 rings (SSSR count). The fraction of sp³-hybridized carbons (Fsp3) is 0.208. The molecule has 0 spiro atoms. The van der Waals surface area contributed by atoms with Crippen LogP contribution in [0.1, 0.15) is 12.0 Å². The van der Waals surface area contributed by atoms with Crippen LogP contribution in [0.25, 0.3) is 17.1 Å². The van der Waals surface area contributed by atoms with Gasteiger partial charge < -0.3 is 14.8 Å². The van der Waals surface area contributed by atoms with Crippen molar-refractivity contribution in [3.05, 3.63) is 84.7 Å². The van der Waals surface area contributed by atoms with Crippen LogP contribution >= 0.6 is 0 Å². The Hall–Kier alpha value is -4.08. The third-order valence-corrected chi connectivity index (χ3v) is 4.97. The molecule has 0 saturated heterocycles. The number of allylic oxidation sites excluding steroid dienone is 3. The molecule has 1 amide bonds. The predicted octanol–water partition coefficient (Wildman–Crippen LogP) is 5.19. The number of nitrogens with one attached hydrogen (secondary N) is 1. The second kappa shape index (κ2) is 10.2. The number of hydrogen-bond acceptors (Lipinski definition) is 5. The quantitative estimate of drug-likeness (QED) is 0.514. The minimum atomic E-state index is -4.74. The van der Waals surface area contributed by atoms with E-state index in [1.807, 2.05) is 48.6 Å². The number of carbonyl (C=O) groups is 1. The minimum Gasteiger partial charge on any atom is -0.449 e. The monoisotopic (exact) mass is 470 g/mol. The molecule has 1 aliphatic rings.